The van der Waals surface area contributed by atoms with E-state index in [1.165, 1.54) is 23.9 Å². The van der Waals surface area contributed by atoms with Gasteiger partial charge < -0.3 is 10.2 Å². The molecule has 4 nitrogen and oxygen atoms in total. The predicted molar refractivity (Wildman–Crippen MR) is 79.4 cm³/mol. The fraction of sp³-hybridized carbons (Fsp3) is 0.286. The van der Waals surface area contributed by atoms with Crippen LogP contribution in [0.25, 0.3) is 0 Å². The van der Waals surface area contributed by atoms with Crippen LogP contribution in [0.1, 0.15) is 12.5 Å². The number of aliphatic imine (C=N–C) groups is 1. The SMILES string of the molecule is CC1=C(C(=O)Nc2cccc(C(F)(F)F)c2)SC2=NCCN21. The van der Waals surface area contributed by atoms with Gasteiger partial charge in [0.2, 0.25) is 0 Å². The zero-order valence-corrected chi connectivity index (χ0v) is 12.4. The highest BCUT2D eigenvalue weighted by Crippen LogP contribution is 2.37. The first-order valence-electron chi connectivity index (χ1n) is 6.55. The lowest BCUT2D eigenvalue weighted by molar-refractivity contribution is -0.137. The van der Waals surface area contributed by atoms with Gasteiger partial charge in [0, 0.05) is 17.9 Å². The number of anilines is 1. The van der Waals surface area contributed by atoms with Crippen LogP contribution in [0.2, 0.25) is 0 Å². The molecule has 22 heavy (non-hydrogen) atoms. The molecule has 1 N–H and O–H groups in total. The van der Waals surface area contributed by atoms with Crippen molar-refractivity contribution in [2.75, 3.05) is 18.4 Å². The van der Waals surface area contributed by atoms with E-state index in [0.29, 0.717) is 11.4 Å². The van der Waals surface area contributed by atoms with Crippen LogP contribution < -0.4 is 5.32 Å². The molecule has 8 heteroatoms. The lowest BCUT2D eigenvalue weighted by atomic mass is 10.2. The Balaban J connectivity index is 1.78. The van der Waals surface area contributed by atoms with E-state index in [1.54, 1.807) is 0 Å². The largest absolute Gasteiger partial charge is 0.416 e. The van der Waals surface area contributed by atoms with Gasteiger partial charge in [0.05, 0.1) is 17.0 Å². The molecular formula is C14H12F3N3OS. The minimum absolute atomic E-state index is 0.120. The fourth-order valence-corrected chi connectivity index (χ4v) is 3.36. The Bertz CT molecular complexity index is 697. The van der Waals surface area contributed by atoms with Gasteiger partial charge in [0.25, 0.3) is 5.91 Å². The molecule has 2 heterocycles. The van der Waals surface area contributed by atoms with Gasteiger partial charge in [0.1, 0.15) is 0 Å². The average Bonchev–Trinajstić information content (AvgIpc) is 3.01. The van der Waals surface area contributed by atoms with E-state index in [1.807, 2.05) is 11.8 Å². The van der Waals surface area contributed by atoms with Gasteiger partial charge in [-0.3, -0.25) is 9.79 Å². The number of thioether (sulfide) groups is 1. The summed E-state index contributed by atoms with van der Waals surface area (Å²) in [5.74, 6) is -0.418. The second-order valence-electron chi connectivity index (χ2n) is 4.87. The van der Waals surface area contributed by atoms with Gasteiger partial charge in [0.15, 0.2) is 5.17 Å². The number of amides is 1. The number of amidine groups is 1. The van der Waals surface area contributed by atoms with Crippen LogP contribution in [0.4, 0.5) is 18.9 Å². The molecule has 2 aliphatic rings. The second-order valence-corrected chi connectivity index (χ2v) is 5.84. The number of hydrogen-bond acceptors (Lipinski definition) is 4. The molecule has 0 bridgehead atoms. The number of nitrogens with one attached hydrogen (secondary N) is 1. The van der Waals surface area contributed by atoms with Gasteiger partial charge >= 0.3 is 6.18 Å². The lowest BCUT2D eigenvalue weighted by Crippen LogP contribution is -2.20. The third kappa shape index (κ3) is 2.70. The molecule has 0 saturated heterocycles. The summed E-state index contributed by atoms with van der Waals surface area (Å²) in [7, 11) is 0. The van der Waals surface area contributed by atoms with Crippen molar-refractivity contribution in [2.24, 2.45) is 4.99 Å². The average molecular weight is 327 g/mol. The van der Waals surface area contributed by atoms with Crippen LogP contribution in [0.5, 0.6) is 0 Å². The first kappa shape index (κ1) is 15.0. The van der Waals surface area contributed by atoms with E-state index in [4.69, 9.17) is 0 Å². The van der Waals surface area contributed by atoms with Gasteiger partial charge in [-0.05, 0) is 36.9 Å². The third-order valence-electron chi connectivity index (χ3n) is 3.38. The van der Waals surface area contributed by atoms with Crippen molar-refractivity contribution < 1.29 is 18.0 Å². The van der Waals surface area contributed by atoms with Gasteiger partial charge in [-0.15, -0.1) is 0 Å². The number of benzene rings is 1. The Morgan fingerprint density at radius 3 is 2.86 bits per heavy atom. The van der Waals surface area contributed by atoms with E-state index < -0.39 is 17.6 Å². The molecule has 1 aromatic carbocycles. The molecule has 0 spiro atoms. The van der Waals surface area contributed by atoms with Crippen molar-refractivity contribution in [3.63, 3.8) is 0 Å². The summed E-state index contributed by atoms with van der Waals surface area (Å²) in [6, 6.07) is 4.59. The smallest absolute Gasteiger partial charge is 0.322 e. The first-order chi connectivity index (χ1) is 10.4. The highest BCUT2D eigenvalue weighted by Gasteiger charge is 2.33. The summed E-state index contributed by atoms with van der Waals surface area (Å²) in [5.41, 5.74) is 0.112. The predicted octanol–water partition coefficient (Wildman–Crippen LogP) is 3.29. The summed E-state index contributed by atoms with van der Waals surface area (Å²) < 4.78 is 38.0. The molecule has 0 radical (unpaired) electrons. The zero-order chi connectivity index (χ0) is 15.9. The number of alkyl halides is 3. The maximum Gasteiger partial charge on any atom is 0.416 e. The standard InChI is InChI=1S/C14H12F3N3OS/c1-8-11(22-13-18-5-6-20(8)13)12(21)19-10-4-2-3-9(7-10)14(15,16)17/h2-4,7H,5-6H2,1H3,(H,19,21). The molecule has 0 fully saturated rings. The van der Waals surface area contributed by atoms with E-state index in [0.717, 1.165) is 29.5 Å². The first-order valence-corrected chi connectivity index (χ1v) is 7.37. The summed E-state index contributed by atoms with van der Waals surface area (Å²) in [5, 5.41) is 3.29. The van der Waals surface area contributed by atoms with Crippen molar-refractivity contribution in [3.05, 3.63) is 40.4 Å². The normalized spacial score (nSPS) is 17.6. The maximum absolute atomic E-state index is 12.7. The molecule has 3 rings (SSSR count). The Hall–Kier alpha value is -1.96. The lowest BCUT2D eigenvalue weighted by Gasteiger charge is -2.12. The molecular weight excluding hydrogens is 315 g/mol. The summed E-state index contributed by atoms with van der Waals surface area (Å²) in [6.45, 7) is 3.23. The van der Waals surface area contributed by atoms with E-state index in [9.17, 15) is 18.0 Å². The number of halogens is 3. The summed E-state index contributed by atoms with van der Waals surface area (Å²) in [4.78, 5) is 18.9. The number of allylic oxidation sites excluding steroid dienone is 1. The number of carbonyl (C=O) groups is 1. The molecule has 0 aromatic heterocycles. The number of rotatable bonds is 2. The van der Waals surface area contributed by atoms with Crippen LogP contribution in [-0.4, -0.2) is 29.1 Å². The molecule has 1 amide bonds. The molecule has 0 aliphatic carbocycles. The highest BCUT2D eigenvalue weighted by molar-refractivity contribution is 8.18. The molecule has 2 aliphatic heterocycles. The van der Waals surface area contributed by atoms with Crippen molar-refractivity contribution in [3.8, 4) is 0 Å². The Morgan fingerprint density at radius 1 is 1.41 bits per heavy atom. The van der Waals surface area contributed by atoms with Gasteiger partial charge in [-0.25, -0.2) is 0 Å². The zero-order valence-electron chi connectivity index (χ0n) is 11.6. The molecule has 0 atom stereocenters. The van der Waals surface area contributed by atoms with Gasteiger partial charge in [-0.2, -0.15) is 13.2 Å². The minimum Gasteiger partial charge on any atom is -0.322 e. The topological polar surface area (TPSA) is 44.7 Å². The van der Waals surface area contributed by atoms with Crippen molar-refractivity contribution in [2.45, 2.75) is 13.1 Å². The second kappa shape index (κ2) is 5.35. The Kier molecular flexibility index (Phi) is 3.64. The third-order valence-corrected chi connectivity index (χ3v) is 4.60. The number of nitrogens with zero attached hydrogens (tertiary/aromatic N) is 2. The quantitative estimate of drug-likeness (QED) is 0.906. The molecule has 0 saturated carbocycles. The van der Waals surface area contributed by atoms with E-state index in [-0.39, 0.29) is 5.69 Å². The highest BCUT2D eigenvalue weighted by atomic mass is 32.2. The molecule has 0 unspecified atom stereocenters. The van der Waals surface area contributed by atoms with E-state index in [2.05, 4.69) is 10.3 Å². The van der Waals surface area contributed by atoms with Crippen molar-refractivity contribution in [1.29, 1.82) is 0 Å². The number of hydrogen-bond donors (Lipinski definition) is 1. The minimum atomic E-state index is -4.44. The number of fused-ring (bicyclic) bond motifs is 1. The summed E-state index contributed by atoms with van der Waals surface area (Å²) >= 11 is 1.25. The van der Waals surface area contributed by atoms with Crippen LogP contribution in [0.3, 0.4) is 0 Å². The summed E-state index contributed by atoms with van der Waals surface area (Å²) in [6.07, 6.45) is -4.44. The Morgan fingerprint density at radius 2 is 2.18 bits per heavy atom. The monoisotopic (exact) mass is 327 g/mol. The maximum atomic E-state index is 12.7. The van der Waals surface area contributed by atoms with Crippen LogP contribution in [0.15, 0.2) is 39.9 Å². The van der Waals surface area contributed by atoms with Crippen LogP contribution in [-0.2, 0) is 11.0 Å². The fourth-order valence-electron chi connectivity index (χ4n) is 2.28. The Labute approximate surface area is 129 Å². The van der Waals surface area contributed by atoms with Crippen LogP contribution in [0, 0.1) is 0 Å². The van der Waals surface area contributed by atoms with Gasteiger partial charge in [-0.1, -0.05) is 6.07 Å². The number of carbonyl (C=O) groups excluding carboxylic acids is 1. The molecule has 1 aromatic rings. The van der Waals surface area contributed by atoms with E-state index >= 15 is 0 Å². The molecule has 116 valence electrons. The van der Waals surface area contributed by atoms with Crippen molar-refractivity contribution in [1.82, 2.24) is 4.90 Å². The van der Waals surface area contributed by atoms with Crippen LogP contribution >= 0.6 is 11.8 Å². The van der Waals surface area contributed by atoms with Crippen molar-refractivity contribution >= 4 is 28.5 Å².